The molecule has 0 radical (unpaired) electrons. The molecule has 0 amide bonds. The van der Waals surface area contributed by atoms with E-state index in [4.69, 9.17) is 10.5 Å². The van der Waals surface area contributed by atoms with Gasteiger partial charge in [0.25, 0.3) is 0 Å². The fourth-order valence-corrected chi connectivity index (χ4v) is 1.62. The van der Waals surface area contributed by atoms with Crippen LogP contribution in [0.25, 0.3) is 0 Å². The number of esters is 1. The molecule has 0 bridgehead atoms. The molecule has 2 atom stereocenters. The van der Waals surface area contributed by atoms with E-state index in [-0.39, 0.29) is 12.0 Å². The Morgan fingerprint density at radius 1 is 1.32 bits per heavy atom. The molecule has 0 spiro atoms. The minimum atomic E-state index is -0.648. The second-order valence-electron chi connectivity index (χ2n) is 5.68. The lowest BCUT2D eigenvalue weighted by Gasteiger charge is -2.23. The second kappa shape index (κ2) is 6.68. The van der Waals surface area contributed by atoms with Crippen molar-refractivity contribution >= 4 is 5.97 Å². The predicted octanol–water partition coefficient (Wildman–Crippen LogP) is 2.01. The van der Waals surface area contributed by atoms with Crippen molar-refractivity contribution in [3.05, 3.63) is 35.9 Å². The molecular formula is C15H24N2O2. The molecular weight excluding hydrogens is 240 g/mol. The van der Waals surface area contributed by atoms with Gasteiger partial charge >= 0.3 is 5.97 Å². The molecule has 0 aliphatic carbocycles. The average molecular weight is 264 g/mol. The largest absolute Gasteiger partial charge is 0.459 e. The van der Waals surface area contributed by atoms with Crippen LogP contribution in [0.15, 0.2) is 30.3 Å². The summed E-state index contributed by atoms with van der Waals surface area (Å²) < 4.78 is 5.23. The van der Waals surface area contributed by atoms with Crippen molar-refractivity contribution in [3.63, 3.8) is 0 Å². The van der Waals surface area contributed by atoms with Crippen LogP contribution in [0.5, 0.6) is 0 Å². The summed E-state index contributed by atoms with van der Waals surface area (Å²) in [6, 6.07) is 9.53. The van der Waals surface area contributed by atoms with Gasteiger partial charge in [-0.15, -0.1) is 0 Å². The minimum absolute atomic E-state index is 0.148. The number of hydrogen-bond donors (Lipinski definition) is 2. The van der Waals surface area contributed by atoms with Gasteiger partial charge in [-0.1, -0.05) is 30.3 Å². The number of rotatable bonds is 5. The van der Waals surface area contributed by atoms with Crippen LogP contribution in [0.2, 0.25) is 0 Å². The van der Waals surface area contributed by atoms with Crippen molar-refractivity contribution in [1.29, 1.82) is 0 Å². The van der Waals surface area contributed by atoms with E-state index in [1.54, 1.807) is 0 Å². The van der Waals surface area contributed by atoms with Crippen LogP contribution >= 0.6 is 0 Å². The van der Waals surface area contributed by atoms with Gasteiger partial charge in [-0.2, -0.15) is 0 Å². The van der Waals surface area contributed by atoms with E-state index in [2.05, 4.69) is 5.32 Å². The molecule has 0 saturated heterocycles. The number of benzene rings is 1. The summed E-state index contributed by atoms with van der Waals surface area (Å²) in [6.07, 6.45) is 0. The zero-order chi connectivity index (χ0) is 14.5. The fraction of sp³-hybridized carbons (Fsp3) is 0.533. The molecule has 1 aromatic carbocycles. The molecule has 0 saturated carbocycles. The molecule has 2 unspecified atom stereocenters. The smallest absolute Gasteiger partial charge is 0.324 e. The predicted molar refractivity (Wildman–Crippen MR) is 76.7 cm³/mol. The zero-order valence-electron chi connectivity index (χ0n) is 12.1. The molecule has 0 heterocycles. The van der Waals surface area contributed by atoms with Gasteiger partial charge in [0.1, 0.15) is 11.6 Å². The van der Waals surface area contributed by atoms with Crippen LogP contribution in [0, 0.1) is 0 Å². The molecule has 1 aromatic rings. The minimum Gasteiger partial charge on any atom is -0.459 e. The summed E-state index contributed by atoms with van der Waals surface area (Å²) in [5, 5.41) is 3.24. The van der Waals surface area contributed by atoms with E-state index >= 15 is 0 Å². The van der Waals surface area contributed by atoms with E-state index in [1.165, 1.54) is 5.56 Å². The van der Waals surface area contributed by atoms with Crippen molar-refractivity contribution in [1.82, 2.24) is 5.32 Å². The van der Waals surface area contributed by atoms with Gasteiger partial charge < -0.3 is 15.8 Å². The first-order chi connectivity index (χ1) is 8.79. The first-order valence-electron chi connectivity index (χ1n) is 6.56. The van der Waals surface area contributed by atoms with Crippen LogP contribution in [0.3, 0.4) is 0 Å². The third-order valence-corrected chi connectivity index (χ3v) is 2.65. The summed E-state index contributed by atoms with van der Waals surface area (Å²) in [4.78, 5) is 11.7. The summed E-state index contributed by atoms with van der Waals surface area (Å²) in [5.41, 5.74) is 6.48. The van der Waals surface area contributed by atoms with Crippen molar-refractivity contribution in [2.75, 3.05) is 6.54 Å². The molecule has 3 N–H and O–H groups in total. The third-order valence-electron chi connectivity index (χ3n) is 2.65. The molecule has 0 fully saturated rings. The summed E-state index contributed by atoms with van der Waals surface area (Å²) >= 11 is 0. The quantitative estimate of drug-likeness (QED) is 0.798. The normalized spacial score (nSPS) is 14.8. The lowest BCUT2D eigenvalue weighted by Crippen LogP contribution is -2.44. The van der Waals surface area contributed by atoms with Gasteiger partial charge in [0.05, 0.1) is 0 Å². The van der Waals surface area contributed by atoms with Crippen LogP contribution in [-0.2, 0) is 9.53 Å². The van der Waals surface area contributed by atoms with Crippen LogP contribution < -0.4 is 11.1 Å². The van der Waals surface area contributed by atoms with Crippen molar-refractivity contribution in [2.24, 2.45) is 5.73 Å². The van der Waals surface area contributed by atoms with Crippen molar-refractivity contribution in [2.45, 2.75) is 45.4 Å². The van der Waals surface area contributed by atoms with Crippen LogP contribution in [-0.4, -0.2) is 24.2 Å². The maximum Gasteiger partial charge on any atom is 0.324 e. The third kappa shape index (κ3) is 5.85. The number of carbonyl (C=O) groups is 1. The Labute approximate surface area is 115 Å². The highest BCUT2D eigenvalue weighted by molar-refractivity contribution is 5.76. The average Bonchev–Trinajstić information content (AvgIpc) is 2.34. The number of nitrogens with two attached hydrogens (primary N) is 1. The lowest BCUT2D eigenvalue weighted by molar-refractivity contribution is -0.156. The zero-order valence-corrected chi connectivity index (χ0v) is 12.1. The Morgan fingerprint density at radius 2 is 1.89 bits per heavy atom. The van der Waals surface area contributed by atoms with Crippen molar-refractivity contribution < 1.29 is 9.53 Å². The molecule has 0 aromatic heterocycles. The molecule has 4 nitrogen and oxygen atoms in total. The topological polar surface area (TPSA) is 64.3 Å². The van der Waals surface area contributed by atoms with Gasteiger partial charge in [0.15, 0.2) is 0 Å². The van der Waals surface area contributed by atoms with Crippen molar-refractivity contribution in [3.8, 4) is 0 Å². The standard InChI is InChI=1S/C15H24N2O2/c1-11(12-8-6-5-7-9-12)17-10-13(16)14(18)19-15(2,3)4/h5-9,11,13,17H,10,16H2,1-4H3. The van der Waals surface area contributed by atoms with E-state index < -0.39 is 11.6 Å². The highest BCUT2D eigenvalue weighted by atomic mass is 16.6. The Bertz CT molecular complexity index is 398. The van der Waals surface area contributed by atoms with E-state index in [1.807, 2.05) is 58.0 Å². The molecule has 106 valence electrons. The van der Waals surface area contributed by atoms with E-state index in [0.717, 1.165) is 0 Å². The Morgan fingerprint density at radius 3 is 2.42 bits per heavy atom. The molecule has 0 aliphatic heterocycles. The van der Waals surface area contributed by atoms with E-state index in [0.29, 0.717) is 6.54 Å². The Hall–Kier alpha value is -1.39. The summed E-state index contributed by atoms with van der Waals surface area (Å²) in [6.45, 7) is 7.93. The second-order valence-corrected chi connectivity index (χ2v) is 5.68. The molecule has 4 heteroatoms. The number of nitrogens with one attached hydrogen (secondary N) is 1. The summed E-state index contributed by atoms with van der Waals surface area (Å²) in [7, 11) is 0. The molecule has 1 rings (SSSR count). The van der Waals surface area contributed by atoms with Crippen LogP contribution in [0.4, 0.5) is 0 Å². The van der Waals surface area contributed by atoms with Gasteiger partial charge in [-0.3, -0.25) is 4.79 Å². The summed E-state index contributed by atoms with van der Waals surface area (Å²) in [5.74, 6) is -0.375. The van der Waals surface area contributed by atoms with Gasteiger partial charge in [-0.05, 0) is 33.3 Å². The monoisotopic (exact) mass is 264 g/mol. The van der Waals surface area contributed by atoms with Gasteiger partial charge in [0.2, 0.25) is 0 Å². The van der Waals surface area contributed by atoms with Gasteiger partial charge in [-0.25, -0.2) is 0 Å². The van der Waals surface area contributed by atoms with Crippen LogP contribution in [0.1, 0.15) is 39.3 Å². The molecule has 19 heavy (non-hydrogen) atoms. The first-order valence-corrected chi connectivity index (χ1v) is 6.56. The highest BCUT2D eigenvalue weighted by Gasteiger charge is 2.22. The number of carbonyl (C=O) groups excluding carboxylic acids is 1. The first kappa shape index (κ1) is 15.7. The van der Waals surface area contributed by atoms with E-state index in [9.17, 15) is 4.79 Å². The SMILES string of the molecule is CC(NCC(N)C(=O)OC(C)(C)C)c1ccccc1. The lowest BCUT2D eigenvalue weighted by atomic mass is 10.1. The highest BCUT2D eigenvalue weighted by Crippen LogP contribution is 2.11. The maximum absolute atomic E-state index is 11.7. The number of hydrogen-bond acceptors (Lipinski definition) is 4. The number of ether oxygens (including phenoxy) is 1. The Kier molecular flexibility index (Phi) is 5.51. The van der Waals surface area contributed by atoms with Gasteiger partial charge in [0, 0.05) is 12.6 Å². The maximum atomic E-state index is 11.7. The Balaban J connectivity index is 2.42. The molecule has 0 aliphatic rings. The fourth-order valence-electron chi connectivity index (χ4n) is 1.62.